The van der Waals surface area contributed by atoms with Crippen LogP contribution in [0.25, 0.3) is 0 Å². The van der Waals surface area contributed by atoms with E-state index in [2.05, 4.69) is 5.32 Å². The summed E-state index contributed by atoms with van der Waals surface area (Å²) in [6.45, 7) is 3.83. The summed E-state index contributed by atoms with van der Waals surface area (Å²) in [7, 11) is 5.39. The second-order valence-corrected chi connectivity index (χ2v) is 5.13. The number of amides is 1. The van der Waals surface area contributed by atoms with Crippen molar-refractivity contribution < 1.29 is 14.3 Å². The number of nitrogens with zero attached hydrogens (tertiary/aromatic N) is 1. The molecule has 0 aliphatic rings. The van der Waals surface area contributed by atoms with Crippen LogP contribution in [0, 0.1) is 6.92 Å². The van der Waals surface area contributed by atoms with E-state index in [4.69, 9.17) is 4.74 Å². The van der Waals surface area contributed by atoms with Gasteiger partial charge in [0.25, 0.3) is 0 Å². The first kappa shape index (κ1) is 15.2. The summed E-state index contributed by atoms with van der Waals surface area (Å²) in [5.41, 5.74) is 1.79. The highest BCUT2D eigenvalue weighted by atomic mass is 16.6. The molecule has 5 nitrogen and oxygen atoms in total. The highest BCUT2D eigenvalue weighted by Gasteiger charge is 2.22. The number of hydrogen-bond donors (Lipinski definition) is 1. The summed E-state index contributed by atoms with van der Waals surface area (Å²) in [5, 5.41) is 2.41. The van der Waals surface area contributed by atoms with Crippen molar-refractivity contribution in [3.05, 3.63) is 23.8 Å². The second kappa shape index (κ2) is 5.84. The topological polar surface area (TPSA) is 55.4 Å². The molecule has 1 N–H and O–H groups in total. The summed E-state index contributed by atoms with van der Waals surface area (Å²) in [5.74, 6) is 0.617. The molecule has 0 aromatic heterocycles. The Balaban J connectivity index is 3.07. The molecule has 104 valence electrons. The maximum atomic E-state index is 11.3. The summed E-state index contributed by atoms with van der Waals surface area (Å²) < 4.78 is 5.61. The van der Waals surface area contributed by atoms with Crippen molar-refractivity contribution in [2.24, 2.45) is 0 Å². The lowest BCUT2D eigenvalue weighted by Gasteiger charge is -2.28. The summed E-state index contributed by atoms with van der Waals surface area (Å²) in [6, 6.07) is 5.62. The standard InChI is InChI=1S/C14H20N2O3/c1-10-6-7-12(16(4,5)9-11(2)17)8-13(10)19-14(18)15-3/h6-8H,9H2,1-5H3/p+1. The fourth-order valence-corrected chi connectivity index (χ4v) is 1.87. The number of likely N-dealkylation sites (N-methyl/N-ethyl adjacent to an activating group) is 1. The van der Waals surface area contributed by atoms with Gasteiger partial charge in [0.15, 0.2) is 5.78 Å². The summed E-state index contributed by atoms with van der Waals surface area (Å²) in [4.78, 5) is 22.6. The van der Waals surface area contributed by atoms with Crippen molar-refractivity contribution in [2.75, 3.05) is 27.7 Å². The Bertz CT molecular complexity index is 495. The lowest BCUT2D eigenvalue weighted by Crippen LogP contribution is -2.44. The van der Waals surface area contributed by atoms with Gasteiger partial charge in [-0.05, 0) is 24.6 Å². The monoisotopic (exact) mass is 265 g/mol. The molecule has 0 saturated carbocycles. The van der Waals surface area contributed by atoms with Crippen molar-refractivity contribution in [1.82, 2.24) is 9.80 Å². The average molecular weight is 265 g/mol. The number of benzene rings is 1. The summed E-state index contributed by atoms with van der Waals surface area (Å²) >= 11 is 0. The van der Waals surface area contributed by atoms with Crippen molar-refractivity contribution >= 4 is 17.6 Å². The number of aryl methyl sites for hydroxylation is 1. The van der Waals surface area contributed by atoms with Crippen molar-refractivity contribution in [2.45, 2.75) is 13.8 Å². The number of ether oxygens (including phenoxy) is 1. The SMILES string of the molecule is CNC(=O)Oc1cc([N+](C)(C)CC(C)=O)ccc1C. The van der Waals surface area contributed by atoms with E-state index in [9.17, 15) is 9.59 Å². The number of hydrogen-bond acceptors (Lipinski definition) is 3. The van der Waals surface area contributed by atoms with Gasteiger partial charge in [-0.25, -0.2) is 4.79 Å². The molecule has 0 heterocycles. The van der Waals surface area contributed by atoms with Crippen LogP contribution in [0.3, 0.4) is 0 Å². The lowest BCUT2D eigenvalue weighted by atomic mass is 10.1. The normalized spacial score (nSPS) is 11.0. The number of rotatable bonds is 4. The van der Waals surface area contributed by atoms with Gasteiger partial charge >= 0.3 is 6.09 Å². The molecular formula is C14H21N2O3+. The van der Waals surface area contributed by atoms with Gasteiger partial charge in [-0.1, -0.05) is 0 Å². The van der Waals surface area contributed by atoms with E-state index < -0.39 is 6.09 Å². The third-order valence-electron chi connectivity index (χ3n) is 2.90. The molecule has 0 radical (unpaired) electrons. The van der Waals surface area contributed by atoms with Crippen LogP contribution in [0.4, 0.5) is 10.5 Å². The van der Waals surface area contributed by atoms with Gasteiger partial charge in [0, 0.05) is 20.0 Å². The zero-order valence-corrected chi connectivity index (χ0v) is 12.1. The Morgan fingerprint density at radius 3 is 2.47 bits per heavy atom. The molecule has 1 aromatic carbocycles. The van der Waals surface area contributed by atoms with Gasteiger partial charge in [0.05, 0.1) is 14.1 Å². The van der Waals surface area contributed by atoms with Gasteiger partial charge in [-0.2, -0.15) is 0 Å². The van der Waals surface area contributed by atoms with E-state index in [0.717, 1.165) is 11.3 Å². The first-order valence-electron chi connectivity index (χ1n) is 6.09. The third-order valence-corrected chi connectivity index (χ3v) is 2.90. The largest absolute Gasteiger partial charge is 0.412 e. The van der Waals surface area contributed by atoms with Gasteiger partial charge in [0.1, 0.15) is 18.0 Å². The smallest absolute Gasteiger partial charge is 0.410 e. The predicted molar refractivity (Wildman–Crippen MR) is 75.5 cm³/mol. The van der Waals surface area contributed by atoms with Crippen LogP contribution < -0.4 is 14.5 Å². The molecule has 0 atom stereocenters. The van der Waals surface area contributed by atoms with Crippen molar-refractivity contribution in [3.8, 4) is 5.75 Å². The van der Waals surface area contributed by atoms with Crippen LogP contribution in [0.2, 0.25) is 0 Å². The fraction of sp³-hybridized carbons (Fsp3) is 0.429. The maximum absolute atomic E-state index is 11.3. The molecular weight excluding hydrogens is 244 g/mol. The summed E-state index contributed by atoms with van der Waals surface area (Å²) in [6.07, 6.45) is -0.503. The lowest BCUT2D eigenvalue weighted by molar-refractivity contribution is -0.117. The van der Waals surface area contributed by atoms with Crippen LogP contribution in [-0.4, -0.2) is 39.6 Å². The number of ketones is 1. The minimum atomic E-state index is -0.503. The minimum Gasteiger partial charge on any atom is -0.410 e. The van der Waals surface area contributed by atoms with Crippen molar-refractivity contribution in [3.63, 3.8) is 0 Å². The number of Topliss-reactive ketones (excluding diaryl/α,β-unsaturated/α-hetero) is 1. The van der Waals surface area contributed by atoms with E-state index >= 15 is 0 Å². The molecule has 0 fully saturated rings. The van der Waals surface area contributed by atoms with E-state index in [0.29, 0.717) is 16.8 Å². The molecule has 0 spiro atoms. The quantitative estimate of drug-likeness (QED) is 0.846. The molecule has 0 saturated heterocycles. The van der Waals surface area contributed by atoms with Gasteiger partial charge in [-0.3, -0.25) is 9.28 Å². The van der Waals surface area contributed by atoms with E-state index in [1.807, 2.05) is 33.2 Å². The second-order valence-electron chi connectivity index (χ2n) is 5.13. The zero-order chi connectivity index (χ0) is 14.6. The molecule has 0 unspecified atom stereocenters. The van der Waals surface area contributed by atoms with Crippen LogP contribution in [-0.2, 0) is 4.79 Å². The number of quaternary nitrogens is 1. The van der Waals surface area contributed by atoms with Crippen molar-refractivity contribution in [1.29, 1.82) is 0 Å². The Kier molecular flexibility index (Phi) is 4.67. The molecule has 5 heteroatoms. The third kappa shape index (κ3) is 4.06. The zero-order valence-electron chi connectivity index (χ0n) is 12.1. The Morgan fingerprint density at radius 1 is 1.32 bits per heavy atom. The van der Waals surface area contributed by atoms with Gasteiger partial charge in [0.2, 0.25) is 0 Å². The Hall–Kier alpha value is -1.88. The number of nitrogens with one attached hydrogen (secondary N) is 1. The number of carbonyl (C=O) groups is 2. The predicted octanol–water partition coefficient (Wildman–Crippen LogP) is 1.87. The molecule has 1 amide bonds. The fourth-order valence-electron chi connectivity index (χ4n) is 1.87. The van der Waals surface area contributed by atoms with Gasteiger partial charge in [-0.15, -0.1) is 0 Å². The first-order chi connectivity index (χ1) is 8.76. The highest BCUT2D eigenvalue weighted by molar-refractivity contribution is 5.80. The average Bonchev–Trinajstić information content (AvgIpc) is 2.29. The van der Waals surface area contributed by atoms with Crippen LogP contribution in [0.15, 0.2) is 18.2 Å². The minimum absolute atomic E-state index is 0.111. The molecule has 1 rings (SSSR count). The number of carbonyl (C=O) groups excluding carboxylic acids is 2. The molecule has 0 aliphatic heterocycles. The van der Waals surface area contributed by atoms with Crippen LogP contribution >= 0.6 is 0 Å². The van der Waals surface area contributed by atoms with E-state index in [1.165, 1.54) is 7.05 Å². The molecule has 1 aromatic rings. The first-order valence-corrected chi connectivity index (χ1v) is 6.09. The van der Waals surface area contributed by atoms with E-state index in [1.54, 1.807) is 13.0 Å². The molecule has 0 aliphatic carbocycles. The van der Waals surface area contributed by atoms with E-state index in [-0.39, 0.29) is 5.78 Å². The Labute approximate surface area is 113 Å². The maximum Gasteiger partial charge on any atom is 0.412 e. The Morgan fingerprint density at radius 2 is 1.95 bits per heavy atom. The van der Waals surface area contributed by atoms with Gasteiger partial charge < -0.3 is 10.1 Å². The molecule has 19 heavy (non-hydrogen) atoms. The highest BCUT2D eigenvalue weighted by Crippen LogP contribution is 2.27. The molecule has 0 bridgehead atoms. The van der Waals surface area contributed by atoms with Crippen LogP contribution in [0.5, 0.6) is 5.75 Å². The van der Waals surface area contributed by atoms with Crippen LogP contribution in [0.1, 0.15) is 12.5 Å².